The minimum Gasteiger partial charge on any atom is -0.481 e. The average Bonchev–Trinajstić information content (AvgIpc) is 2.29. The van der Waals surface area contributed by atoms with Gasteiger partial charge in [-0.25, -0.2) is 4.79 Å². The van der Waals surface area contributed by atoms with Crippen LogP contribution in [0.5, 0.6) is 0 Å². The molecule has 0 aromatic rings. The lowest BCUT2D eigenvalue weighted by Gasteiger charge is -2.53. The van der Waals surface area contributed by atoms with Crippen LogP contribution in [0.3, 0.4) is 0 Å². The van der Waals surface area contributed by atoms with Crippen molar-refractivity contribution in [2.75, 3.05) is 40.8 Å². The molecule has 1 aliphatic rings. The van der Waals surface area contributed by atoms with E-state index in [2.05, 4.69) is 0 Å². The molecule has 1 fully saturated rings. The van der Waals surface area contributed by atoms with Crippen LogP contribution in [-0.4, -0.2) is 89.7 Å². The minimum atomic E-state index is -0.960. The molecule has 1 saturated heterocycles. The van der Waals surface area contributed by atoms with Gasteiger partial charge >= 0.3 is 12.1 Å². The van der Waals surface area contributed by atoms with Gasteiger partial charge in [0.15, 0.2) is 0 Å². The fourth-order valence-electron chi connectivity index (χ4n) is 2.40. The highest BCUT2D eigenvalue weighted by Gasteiger charge is 2.51. The van der Waals surface area contributed by atoms with Gasteiger partial charge in [-0.05, 0) is 27.8 Å². The zero-order valence-corrected chi connectivity index (χ0v) is 14.8. The van der Waals surface area contributed by atoms with Crippen LogP contribution in [-0.2, 0) is 14.3 Å². The van der Waals surface area contributed by atoms with Crippen molar-refractivity contribution in [2.45, 2.75) is 38.3 Å². The summed E-state index contributed by atoms with van der Waals surface area (Å²) in [6.07, 6.45) is -0.602. The van der Waals surface area contributed by atoms with Crippen LogP contribution in [0.2, 0.25) is 0 Å². The Kier molecular flexibility index (Phi) is 5.63. The van der Waals surface area contributed by atoms with E-state index >= 15 is 0 Å². The summed E-state index contributed by atoms with van der Waals surface area (Å²) in [6, 6.07) is 0. The second-order valence-electron chi connectivity index (χ2n) is 7.28. The number of carbonyl (C=O) groups excluding carboxylic acids is 2. The lowest BCUT2D eigenvalue weighted by molar-refractivity contribution is -0.147. The Labute approximate surface area is 137 Å². The predicted molar refractivity (Wildman–Crippen MR) is 84.1 cm³/mol. The van der Waals surface area contributed by atoms with Gasteiger partial charge in [-0.3, -0.25) is 14.5 Å². The first-order valence-corrected chi connectivity index (χ1v) is 7.47. The highest BCUT2D eigenvalue weighted by atomic mass is 16.6. The molecule has 2 amide bonds. The zero-order chi connectivity index (χ0) is 18.0. The molecule has 0 aromatic carbocycles. The second-order valence-corrected chi connectivity index (χ2v) is 7.28. The Bertz CT molecular complexity index is 478. The van der Waals surface area contributed by atoms with Gasteiger partial charge in [0.25, 0.3) is 0 Å². The molecule has 8 nitrogen and oxygen atoms in total. The third-order valence-corrected chi connectivity index (χ3v) is 3.78. The first-order chi connectivity index (χ1) is 10.4. The van der Waals surface area contributed by atoms with Crippen molar-refractivity contribution in [1.29, 1.82) is 0 Å². The van der Waals surface area contributed by atoms with Crippen molar-refractivity contribution in [2.24, 2.45) is 0 Å². The van der Waals surface area contributed by atoms with Crippen LogP contribution in [0.1, 0.15) is 27.2 Å². The summed E-state index contributed by atoms with van der Waals surface area (Å²) in [5.74, 6) is -1.08. The maximum absolute atomic E-state index is 12.0. The highest BCUT2D eigenvalue weighted by molar-refractivity contribution is 5.78. The summed E-state index contributed by atoms with van der Waals surface area (Å²) in [7, 11) is 5.00. The zero-order valence-electron chi connectivity index (χ0n) is 14.8. The molecule has 1 N–H and O–H groups in total. The van der Waals surface area contributed by atoms with Crippen molar-refractivity contribution in [1.82, 2.24) is 14.7 Å². The number of carboxylic acid groups (broad SMARTS) is 1. The van der Waals surface area contributed by atoms with Crippen molar-refractivity contribution < 1.29 is 24.2 Å². The van der Waals surface area contributed by atoms with Gasteiger partial charge in [0.05, 0.1) is 18.5 Å². The largest absolute Gasteiger partial charge is 0.481 e. The normalized spacial score (nSPS) is 16.7. The summed E-state index contributed by atoms with van der Waals surface area (Å²) < 4.78 is 5.28. The molecular formula is C15H27N3O5. The van der Waals surface area contributed by atoms with E-state index in [0.29, 0.717) is 0 Å². The quantitative estimate of drug-likeness (QED) is 0.788. The van der Waals surface area contributed by atoms with Crippen molar-refractivity contribution in [3.05, 3.63) is 0 Å². The van der Waals surface area contributed by atoms with Crippen LogP contribution in [0.4, 0.5) is 4.79 Å². The van der Waals surface area contributed by atoms with Crippen molar-refractivity contribution in [3.8, 4) is 0 Å². The Balaban J connectivity index is 2.75. The van der Waals surface area contributed by atoms with Crippen LogP contribution in [0.25, 0.3) is 0 Å². The van der Waals surface area contributed by atoms with Gasteiger partial charge in [0.2, 0.25) is 5.91 Å². The van der Waals surface area contributed by atoms with Gasteiger partial charge < -0.3 is 19.6 Å². The summed E-state index contributed by atoms with van der Waals surface area (Å²) in [5, 5.41) is 9.16. The molecule has 0 saturated carbocycles. The van der Waals surface area contributed by atoms with Gasteiger partial charge in [0.1, 0.15) is 5.60 Å². The average molecular weight is 329 g/mol. The van der Waals surface area contributed by atoms with Crippen LogP contribution in [0, 0.1) is 0 Å². The Morgan fingerprint density at radius 2 is 1.70 bits per heavy atom. The predicted octanol–water partition coefficient (Wildman–Crippen LogP) is 0.471. The standard InChI is InChI=1S/C15H27N3O5/c1-14(2,3)23-13(22)18-9-15(10-18,7-12(20)21)17(6)8-11(19)16(4)5/h7-10H2,1-6H3,(H,20,21). The third-order valence-electron chi connectivity index (χ3n) is 3.78. The Morgan fingerprint density at radius 3 is 2.09 bits per heavy atom. The first-order valence-electron chi connectivity index (χ1n) is 7.47. The number of ether oxygens (including phenoxy) is 1. The number of carbonyl (C=O) groups is 3. The van der Waals surface area contributed by atoms with E-state index in [1.807, 2.05) is 0 Å². The number of nitrogens with zero attached hydrogens (tertiary/aromatic N) is 3. The molecule has 0 atom stereocenters. The van der Waals surface area contributed by atoms with E-state index in [9.17, 15) is 14.4 Å². The minimum absolute atomic E-state index is 0.0996. The molecule has 1 heterocycles. The molecule has 0 spiro atoms. The molecule has 0 unspecified atom stereocenters. The first kappa shape index (κ1) is 19.2. The monoisotopic (exact) mass is 329 g/mol. The van der Waals surface area contributed by atoms with E-state index in [1.54, 1.807) is 46.8 Å². The molecule has 0 aromatic heterocycles. The Hall–Kier alpha value is -1.83. The lowest BCUT2D eigenvalue weighted by atomic mass is 9.84. The lowest BCUT2D eigenvalue weighted by Crippen LogP contribution is -2.72. The van der Waals surface area contributed by atoms with Crippen LogP contribution < -0.4 is 0 Å². The number of likely N-dealkylation sites (tertiary alicyclic amines) is 1. The van der Waals surface area contributed by atoms with Crippen LogP contribution >= 0.6 is 0 Å². The van der Waals surface area contributed by atoms with Gasteiger partial charge in [-0.1, -0.05) is 0 Å². The maximum Gasteiger partial charge on any atom is 0.410 e. The van der Waals surface area contributed by atoms with E-state index in [1.165, 1.54) is 9.80 Å². The molecule has 132 valence electrons. The molecule has 1 aliphatic heterocycles. The highest BCUT2D eigenvalue weighted by Crippen LogP contribution is 2.31. The summed E-state index contributed by atoms with van der Waals surface area (Å²) in [4.78, 5) is 39.7. The second kappa shape index (κ2) is 6.74. The number of carboxylic acids is 1. The smallest absolute Gasteiger partial charge is 0.410 e. The fourth-order valence-corrected chi connectivity index (χ4v) is 2.40. The summed E-state index contributed by atoms with van der Waals surface area (Å²) in [5.41, 5.74) is -1.34. The molecule has 0 radical (unpaired) electrons. The Morgan fingerprint density at radius 1 is 1.17 bits per heavy atom. The van der Waals surface area contributed by atoms with Gasteiger partial charge in [-0.15, -0.1) is 0 Å². The van der Waals surface area contributed by atoms with E-state index in [-0.39, 0.29) is 32.0 Å². The van der Waals surface area contributed by atoms with Crippen LogP contribution in [0.15, 0.2) is 0 Å². The number of amides is 2. The fraction of sp³-hybridized carbons (Fsp3) is 0.800. The third kappa shape index (κ3) is 5.09. The molecule has 1 rings (SSSR count). The molecule has 23 heavy (non-hydrogen) atoms. The van der Waals surface area contributed by atoms with Gasteiger partial charge in [0, 0.05) is 27.2 Å². The topological polar surface area (TPSA) is 90.4 Å². The van der Waals surface area contributed by atoms with E-state index < -0.39 is 23.2 Å². The number of aliphatic carboxylic acids is 1. The molecule has 8 heteroatoms. The maximum atomic E-state index is 12.0. The van der Waals surface area contributed by atoms with Crippen molar-refractivity contribution in [3.63, 3.8) is 0 Å². The summed E-state index contributed by atoms with van der Waals surface area (Å²) >= 11 is 0. The number of hydrogen-bond acceptors (Lipinski definition) is 5. The molecule has 0 bridgehead atoms. The van der Waals surface area contributed by atoms with Crippen molar-refractivity contribution >= 4 is 18.0 Å². The van der Waals surface area contributed by atoms with E-state index in [0.717, 1.165) is 0 Å². The number of rotatable bonds is 5. The molecule has 0 aliphatic carbocycles. The van der Waals surface area contributed by atoms with E-state index in [4.69, 9.17) is 9.84 Å². The number of likely N-dealkylation sites (N-methyl/N-ethyl adjacent to an activating group) is 2. The molecular weight excluding hydrogens is 302 g/mol. The summed E-state index contributed by atoms with van der Waals surface area (Å²) in [6.45, 7) is 5.88. The van der Waals surface area contributed by atoms with Gasteiger partial charge in [-0.2, -0.15) is 0 Å². The number of hydrogen-bond donors (Lipinski definition) is 1. The SMILES string of the molecule is CN(C)C(=O)CN(C)C1(CC(=O)O)CN(C(=O)OC(C)(C)C)C1.